The van der Waals surface area contributed by atoms with E-state index >= 15 is 0 Å². The molecule has 0 aromatic heterocycles. The van der Waals surface area contributed by atoms with Gasteiger partial charge in [-0.25, -0.2) is 0 Å². The molecule has 0 saturated carbocycles. The average Bonchev–Trinajstić information content (AvgIpc) is 2.34. The Balaban J connectivity index is 1.67. The van der Waals surface area contributed by atoms with Crippen LogP contribution in [0.2, 0.25) is 0 Å². The number of benzene rings is 1. The molecular formula is C14H23N3. The van der Waals surface area contributed by atoms with E-state index in [1.54, 1.807) is 0 Å². The summed E-state index contributed by atoms with van der Waals surface area (Å²) in [6, 6.07) is 8.12. The number of piperidine rings is 1. The zero-order valence-electron chi connectivity index (χ0n) is 10.7. The molecule has 1 saturated heterocycles. The molecule has 0 radical (unpaired) electrons. The molecule has 0 spiro atoms. The predicted molar refractivity (Wildman–Crippen MR) is 72.8 cm³/mol. The van der Waals surface area contributed by atoms with Crippen LogP contribution in [0.25, 0.3) is 0 Å². The third-order valence-electron chi connectivity index (χ3n) is 3.58. The maximum absolute atomic E-state index is 5.66. The highest BCUT2D eigenvalue weighted by molar-refractivity contribution is 5.39. The molecule has 1 aromatic carbocycles. The number of nitrogens with zero attached hydrogens (tertiary/aromatic N) is 1. The molecule has 0 atom stereocenters. The lowest BCUT2D eigenvalue weighted by Gasteiger charge is -2.29. The number of anilines is 1. The van der Waals surface area contributed by atoms with Gasteiger partial charge in [-0.3, -0.25) is 0 Å². The average molecular weight is 233 g/mol. The van der Waals surface area contributed by atoms with Crippen LogP contribution in [-0.4, -0.2) is 31.6 Å². The fourth-order valence-corrected chi connectivity index (χ4v) is 2.32. The van der Waals surface area contributed by atoms with Gasteiger partial charge in [-0.15, -0.1) is 0 Å². The van der Waals surface area contributed by atoms with Crippen molar-refractivity contribution in [3.05, 3.63) is 29.8 Å². The van der Waals surface area contributed by atoms with Crippen LogP contribution in [0, 0.1) is 5.92 Å². The van der Waals surface area contributed by atoms with E-state index in [0.29, 0.717) is 0 Å². The third kappa shape index (κ3) is 4.02. The van der Waals surface area contributed by atoms with E-state index in [-0.39, 0.29) is 0 Å². The molecule has 17 heavy (non-hydrogen) atoms. The zero-order chi connectivity index (χ0) is 12.1. The number of nitrogen functional groups attached to an aromatic ring is 1. The molecule has 0 bridgehead atoms. The second-order valence-electron chi connectivity index (χ2n) is 5.12. The molecule has 1 fully saturated rings. The minimum Gasteiger partial charge on any atom is -0.399 e. The van der Waals surface area contributed by atoms with Crippen LogP contribution < -0.4 is 11.1 Å². The summed E-state index contributed by atoms with van der Waals surface area (Å²) in [5.41, 5.74) is 7.81. The molecule has 1 aliphatic rings. The van der Waals surface area contributed by atoms with Gasteiger partial charge >= 0.3 is 0 Å². The van der Waals surface area contributed by atoms with Crippen LogP contribution >= 0.6 is 0 Å². The van der Waals surface area contributed by atoms with Crippen molar-refractivity contribution in [1.82, 2.24) is 10.2 Å². The normalized spacial score (nSPS) is 18.4. The lowest BCUT2D eigenvalue weighted by atomic mass is 9.97. The Morgan fingerprint density at radius 3 is 2.53 bits per heavy atom. The SMILES string of the molecule is CN1CCC(CNCc2ccc(N)cc2)CC1. The molecular weight excluding hydrogens is 210 g/mol. The Bertz CT molecular complexity index is 326. The molecule has 3 nitrogen and oxygen atoms in total. The summed E-state index contributed by atoms with van der Waals surface area (Å²) in [5.74, 6) is 0.847. The second-order valence-corrected chi connectivity index (χ2v) is 5.12. The van der Waals surface area contributed by atoms with E-state index in [4.69, 9.17) is 5.73 Å². The first-order valence-corrected chi connectivity index (χ1v) is 6.48. The maximum atomic E-state index is 5.66. The number of hydrogen-bond acceptors (Lipinski definition) is 3. The first kappa shape index (κ1) is 12.4. The van der Waals surface area contributed by atoms with E-state index < -0.39 is 0 Å². The first-order valence-electron chi connectivity index (χ1n) is 6.48. The molecule has 2 rings (SSSR count). The van der Waals surface area contributed by atoms with E-state index in [1.807, 2.05) is 12.1 Å². The molecule has 1 aromatic rings. The molecule has 3 N–H and O–H groups in total. The summed E-state index contributed by atoms with van der Waals surface area (Å²) in [4.78, 5) is 2.41. The van der Waals surface area contributed by atoms with Crippen LogP contribution in [0.15, 0.2) is 24.3 Å². The smallest absolute Gasteiger partial charge is 0.0314 e. The van der Waals surface area contributed by atoms with Crippen molar-refractivity contribution in [3.8, 4) is 0 Å². The third-order valence-corrected chi connectivity index (χ3v) is 3.58. The van der Waals surface area contributed by atoms with Gasteiger partial charge in [0.15, 0.2) is 0 Å². The lowest BCUT2D eigenvalue weighted by molar-refractivity contribution is 0.216. The quantitative estimate of drug-likeness (QED) is 0.778. The summed E-state index contributed by atoms with van der Waals surface area (Å²) >= 11 is 0. The van der Waals surface area contributed by atoms with Crippen molar-refractivity contribution < 1.29 is 0 Å². The standard InChI is InChI=1S/C14H23N3/c1-17-8-6-13(7-9-17)11-16-10-12-2-4-14(15)5-3-12/h2-5,13,16H,6-11,15H2,1H3. The van der Waals surface area contributed by atoms with Crippen molar-refractivity contribution in [3.63, 3.8) is 0 Å². The molecule has 94 valence electrons. The maximum Gasteiger partial charge on any atom is 0.0314 e. The summed E-state index contributed by atoms with van der Waals surface area (Å²) in [6.45, 7) is 4.58. The van der Waals surface area contributed by atoms with E-state index in [2.05, 4.69) is 29.4 Å². The number of rotatable bonds is 4. The van der Waals surface area contributed by atoms with E-state index in [1.165, 1.54) is 31.5 Å². The van der Waals surface area contributed by atoms with Crippen LogP contribution in [0.4, 0.5) is 5.69 Å². The Morgan fingerprint density at radius 2 is 1.88 bits per heavy atom. The van der Waals surface area contributed by atoms with E-state index in [0.717, 1.165) is 24.7 Å². The monoisotopic (exact) mass is 233 g/mol. The highest BCUT2D eigenvalue weighted by Gasteiger charge is 2.15. The number of hydrogen-bond donors (Lipinski definition) is 2. The fraction of sp³-hybridized carbons (Fsp3) is 0.571. The van der Waals surface area contributed by atoms with Crippen molar-refractivity contribution in [2.45, 2.75) is 19.4 Å². The van der Waals surface area contributed by atoms with Crippen LogP contribution in [0.1, 0.15) is 18.4 Å². The van der Waals surface area contributed by atoms with Crippen LogP contribution in [0.3, 0.4) is 0 Å². The minimum atomic E-state index is 0.837. The van der Waals surface area contributed by atoms with Crippen molar-refractivity contribution in [2.75, 3.05) is 32.4 Å². The largest absolute Gasteiger partial charge is 0.399 e. The van der Waals surface area contributed by atoms with Gasteiger partial charge in [-0.2, -0.15) is 0 Å². The molecule has 1 aliphatic heterocycles. The highest BCUT2D eigenvalue weighted by atomic mass is 15.1. The van der Waals surface area contributed by atoms with Crippen molar-refractivity contribution >= 4 is 5.69 Å². The van der Waals surface area contributed by atoms with Gasteiger partial charge in [0.05, 0.1) is 0 Å². The Morgan fingerprint density at radius 1 is 1.24 bits per heavy atom. The molecule has 0 aliphatic carbocycles. The van der Waals surface area contributed by atoms with Crippen LogP contribution in [0.5, 0.6) is 0 Å². The zero-order valence-corrected chi connectivity index (χ0v) is 10.7. The molecule has 1 heterocycles. The van der Waals surface area contributed by atoms with Gasteiger partial charge in [0, 0.05) is 12.2 Å². The highest BCUT2D eigenvalue weighted by Crippen LogP contribution is 2.15. The molecule has 0 unspecified atom stereocenters. The van der Waals surface area contributed by atoms with Gasteiger partial charge in [0.1, 0.15) is 0 Å². The number of nitrogens with two attached hydrogens (primary N) is 1. The summed E-state index contributed by atoms with van der Waals surface area (Å²) in [6.07, 6.45) is 2.65. The number of nitrogens with one attached hydrogen (secondary N) is 1. The van der Waals surface area contributed by atoms with Gasteiger partial charge in [0.2, 0.25) is 0 Å². The number of likely N-dealkylation sites (tertiary alicyclic amines) is 1. The van der Waals surface area contributed by atoms with Gasteiger partial charge < -0.3 is 16.0 Å². The Kier molecular flexibility index (Phi) is 4.40. The van der Waals surface area contributed by atoms with E-state index in [9.17, 15) is 0 Å². The predicted octanol–water partition coefficient (Wildman–Crippen LogP) is 1.70. The molecule has 0 amide bonds. The van der Waals surface area contributed by atoms with Gasteiger partial charge in [-0.05, 0) is 63.1 Å². The minimum absolute atomic E-state index is 0.837. The fourth-order valence-electron chi connectivity index (χ4n) is 2.32. The van der Waals surface area contributed by atoms with Crippen LogP contribution in [-0.2, 0) is 6.54 Å². The first-order chi connectivity index (χ1) is 8.24. The van der Waals surface area contributed by atoms with Crippen molar-refractivity contribution in [2.24, 2.45) is 5.92 Å². The Labute approximate surface area is 104 Å². The van der Waals surface area contributed by atoms with Gasteiger partial charge in [0.25, 0.3) is 0 Å². The summed E-state index contributed by atoms with van der Waals surface area (Å²) < 4.78 is 0. The topological polar surface area (TPSA) is 41.3 Å². The second kappa shape index (κ2) is 6.03. The Hall–Kier alpha value is -1.06. The lowest BCUT2D eigenvalue weighted by Crippen LogP contribution is -2.34. The van der Waals surface area contributed by atoms with Gasteiger partial charge in [-0.1, -0.05) is 12.1 Å². The summed E-state index contributed by atoms with van der Waals surface area (Å²) in [7, 11) is 2.21. The molecule has 3 heteroatoms. The van der Waals surface area contributed by atoms with Crippen molar-refractivity contribution in [1.29, 1.82) is 0 Å². The summed E-state index contributed by atoms with van der Waals surface area (Å²) in [5, 5.41) is 3.55.